The summed E-state index contributed by atoms with van der Waals surface area (Å²) in [5, 5.41) is 9.42. The second-order valence-corrected chi connectivity index (χ2v) is 7.57. The van der Waals surface area contributed by atoms with E-state index in [1.165, 1.54) is 0 Å². The van der Waals surface area contributed by atoms with Crippen LogP contribution in [0.1, 0.15) is 41.0 Å². The van der Waals surface area contributed by atoms with Crippen molar-refractivity contribution in [3.63, 3.8) is 0 Å². The molecule has 7 heteroatoms. The minimum absolute atomic E-state index is 0.0332. The number of nitrogens with one attached hydrogen (secondary N) is 3. The summed E-state index contributed by atoms with van der Waals surface area (Å²) in [5.41, 5.74) is -0.379. The number of nitrogens with zero attached hydrogens (tertiary/aromatic N) is 2. The summed E-state index contributed by atoms with van der Waals surface area (Å²) in [4.78, 5) is 29.9. The van der Waals surface area contributed by atoms with Gasteiger partial charge in [-0.3, -0.25) is 14.6 Å². The number of aliphatic imine (C=N–C) groups is 1. The van der Waals surface area contributed by atoms with Crippen LogP contribution in [0.3, 0.4) is 0 Å². The highest BCUT2D eigenvalue weighted by Gasteiger charge is 2.28. The number of amides is 2. The van der Waals surface area contributed by atoms with E-state index in [4.69, 9.17) is 0 Å². The number of guanidine groups is 1. The van der Waals surface area contributed by atoms with Gasteiger partial charge in [-0.15, -0.1) is 0 Å². The lowest BCUT2D eigenvalue weighted by atomic mass is 9.96. The van der Waals surface area contributed by atoms with Crippen LogP contribution in [0.2, 0.25) is 0 Å². The average molecular weight is 339 g/mol. The van der Waals surface area contributed by atoms with Gasteiger partial charge in [-0.25, -0.2) is 0 Å². The SMILES string of the molecule is CN=C(NCCNC(=O)C(C)(C)C)NC1CCN(C(=O)C(C)C)C1. The molecular weight excluding hydrogens is 306 g/mol. The van der Waals surface area contributed by atoms with Crippen LogP contribution in [0.25, 0.3) is 0 Å². The third-order valence-electron chi connectivity index (χ3n) is 3.94. The Labute approximate surface area is 145 Å². The maximum Gasteiger partial charge on any atom is 0.225 e. The minimum Gasteiger partial charge on any atom is -0.355 e. The third kappa shape index (κ3) is 6.37. The number of carbonyl (C=O) groups is 2. The molecule has 1 saturated heterocycles. The lowest BCUT2D eigenvalue weighted by molar-refractivity contribution is -0.133. The zero-order chi connectivity index (χ0) is 18.3. The minimum atomic E-state index is -0.379. The first-order chi connectivity index (χ1) is 11.1. The first-order valence-corrected chi connectivity index (χ1v) is 8.69. The van der Waals surface area contributed by atoms with Crippen molar-refractivity contribution in [3.05, 3.63) is 0 Å². The van der Waals surface area contributed by atoms with Gasteiger partial charge in [-0.2, -0.15) is 0 Å². The Kier molecular flexibility index (Phi) is 7.51. The van der Waals surface area contributed by atoms with E-state index in [-0.39, 0.29) is 29.2 Å². The molecule has 1 aliphatic heterocycles. The molecule has 1 fully saturated rings. The maximum atomic E-state index is 12.0. The fraction of sp³-hybridized carbons (Fsp3) is 0.824. The normalized spacial score (nSPS) is 18.7. The third-order valence-corrected chi connectivity index (χ3v) is 3.94. The monoisotopic (exact) mass is 339 g/mol. The van der Waals surface area contributed by atoms with E-state index in [9.17, 15) is 9.59 Å². The Morgan fingerprint density at radius 1 is 1.21 bits per heavy atom. The lowest BCUT2D eigenvalue weighted by Crippen LogP contribution is -2.47. The van der Waals surface area contributed by atoms with Gasteiger partial charge in [-0.05, 0) is 6.42 Å². The molecule has 0 bridgehead atoms. The molecule has 0 aromatic rings. The van der Waals surface area contributed by atoms with E-state index in [0.29, 0.717) is 25.6 Å². The Bertz CT molecular complexity index is 468. The van der Waals surface area contributed by atoms with E-state index < -0.39 is 0 Å². The van der Waals surface area contributed by atoms with E-state index >= 15 is 0 Å². The highest BCUT2D eigenvalue weighted by atomic mass is 16.2. The summed E-state index contributed by atoms with van der Waals surface area (Å²) in [5.74, 6) is 0.967. The quantitative estimate of drug-likeness (QED) is 0.388. The van der Waals surface area contributed by atoms with Crippen LogP contribution in [0.15, 0.2) is 4.99 Å². The molecule has 24 heavy (non-hydrogen) atoms. The Morgan fingerprint density at radius 2 is 1.83 bits per heavy atom. The predicted octanol–water partition coefficient (Wildman–Crippen LogP) is 0.571. The van der Waals surface area contributed by atoms with Crippen molar-refractivity contribution in [1.82, 2.24) is 20.9 Å². The molecule has 1 unspecified atom stereocenters. The van der Waals surface area contributed by atoms with Crippen LogP contribution in [0.5, 0.6) is 0 Å². The van der Waals surface area contributed by atoms with Gasteiger partial charge >= 0.3 is 0 Å². The van der Waals surface area contributed by atoms with Crippen molar-refractivity contribution in [2.75, 3.05) is 33.2 Å². The molecule has 0 radical (unpaired) electrons. The Balaban J connectivity index is 2.31. The molecule has 1 rings (SSSR count). The Hall–Kier alpha value is -1.79. The van der Waals surface area contributed by atoms with Crippen LogP contribution in [0.4, 0.5) is 0 Å². The van der Waals surface area contributed by atoms with E-state index in [1.54, 1.807) is 7.05 Å². The van der Waals surface area contributed by atoms with Gasteiger partial charge in [0.2, 0.25) is 11.8 Å². The fourth-order valence-corrected chi connectivity index (χ4v) is 2.45. The zero-order valence-corrected chi connectivity index (χ0v) is 15.9. The van der Waals surface area contributed by atoms with Crippen LogP contribution >= 0.6 is 0 Å². The maximum absolute atomic E-state index is 12.0. The van der Waals surface area contributed by atoms with Crippen molar-refractivity contribution < 1.29 is 9.59 Å². The smallest absolute Gasteiger partial charge is 0.225 e. The summed E-state index contributed by atoms with van der Waals surface area (Å²) in [7, 11) is 1.72. The van der Waals surface area contributed by atoms with Crippen LogP contribution in [0, 0.1) is 11.3 Å². The molecule has 1 heterocycles. The van der Waals surface area contributed by atoms with Crippen LogP contribution < -0.4 is 16.0 Å². The highest BCUT2D eigenvalue weighted by molar-refractivity contribution is 5.82. The van der Waals surface area contributed by atoms with Crippen molar-refractivity contribution >= 4 is 17.8 Å². The second-order valence-electron chi connectivity index (χ2n) is 7.57. The number of hydrogen-bond donors (Lipinski definition) is 3. The van der Waals surface area contributed by atoms with Crippen molar-refractivity contribution in [2.24, 2.45) is 16.3 Å². The second kappa shape index (κ2) is 8.89. The first-order valence-electron chi connectivity index (χ1n) is 8.69. The predicted molar refractivity (Wildman–Crippen MR) is 96.8 cm³/mol. The Morgan fingerprint density at radius 3 is 2.38 bits per heavy atom. The summed E-state index contributed by atoms with van der Waals surface area (Å²) >= 11 is 0. The van der Waals surface area contributed by atoms with Gasteiger partial charge in [-0.1, -0.05) is 34.6 Å². The molecule has 7 nitrogen and oxygen atoms in total. The van der Waals surface area contributed by atoms with E-state index in [1.807, 2.05) is 39.5 Å². The molecule has 3 N–H and O–H groups in total. The standard InChI is InChI=1S/C17H33N5O2/c1-12(2)14(23)22-10-7-13(11-22)21-16(18-6)20-9-8-19-15(24)17(3,4)5/h12-13H,7-11H2,1-6H3,(H,19,24)(H2,18,20,21). The highest BCUT2D eigenvalue weighted by Crippen LogP contribution is 2.13. The summed E-state index contributed by atoms with van der Waals surface area (Å²) < 4.78 is 0. The lowest BCUT2D eigenvalue weighted by Gasteiger charge is -2.21. The summed E-state index contributed by atoms with van der Waals surface area (Å²) in [6, 6.07) is 0.211. The van der Waals surface area contributed by atoms with Gasteiger partial charge in [0.1, 0.15) is 0 Å². The van der Waals surface area contributed by atoms with Gasteiger partial charge in [0.15, 0.2) is 5.96 Å². The average Bonchev–Trinajstić information content (AvgIpc) is 2.96. The van der Waals surface area contributed by atoms with Gasteiger partial charge < -0.3 is 20.9 Å². The molecule has 0 aliphatic carbocycles. The zero-order valence-electron chi connectivity index (χ0n) is 15.9. The summed E-state index contributed by atoms with van der Waals surface area (Å²) in [6.45, 7) is 12.2. The fourth-order valence-electron chi connectivity index (χ4n) is 2.45. The van der Waals surface area contributed by atoms with Crippen LogP contribution in [-0.4, -0.2) is 61.9 Å². The van der Waals surface area contributed by atoms with Gasteiger partial charge in [0.05, 0.1) is 0 Å². The van der Waals surface area contributed by atoms with Crippen molar-refractivity contribution in [1.29, 1.82) is 0 Å². The van der Waals surface area contributed by atoms with Crippen LogP contribution in [-0.2, 0) is 9.59 Å². The first kappa shape index (κ1) is 20.3. The summed E-state index contributed by atoms with van der Waals surface area (Å²) in [6.07, 6.45) is 0.917. The topological polar surface area (TPSA) is 85.8 Å². The molecule has 1 atom stereocenters. The molecule has 1 aliphatic rings. The van der Waals surface area contributed by atoms with E-state index in [0.717, 1.165) is 13.0 Å². The largest absolute Gasteiger partial charge is 0.355 e. The molecule has 0 spiro atoms. The van der Waals surface area contributed by atoms with Crippen molar-refractivity contribution in [3.8, 4) is 0 Å². The molecular formula is C17H33N5O2. The number of likely N-dealkylation sites (tertiary alicyclic amines) is 1. The molecule has 138 valence electrons. The number of carbonyl (C=O) groups excluding carboxylic acids is 2. The molecule has 0 aromatic carbocycles. The van der Waals surface area contributed by atoms with Gasteiger partial charge in [0, 0.05) is 50.6 Å². The van der Waals surface area contributed by atoms with E-state index in [2.05, 4.69) is 20.9 Å². The number of hydrogen-bond acceptors (Lipinski definition) is 3. The molecule has 2 amide bonds. The molecule has 0 saturated carbocycles. The molecule has 0 aromatic heterocycles. The van der Waals surface area contributed by atoms with Gasteiger partial charge in [0.25, 0.3) is 0 Å². The van der Waals surface area contributed by atoms with Crippen molar-refractivity contribution in [2.45, 2.75) is 47.1 Å². The number of rotatable bonds is 5.